The van der Waals surface area contributed by atoms with Crippen LogP contribution in [-0.2, 0) is 11.3 Å². The van der Waals surface area contributed by atoms with Gasteiger partial charge in [-0.15, -0.1) is 11.3 Å². The van der Waals surface area contributed by atoms with Crippen molar-refractivity contribution in [2.75, 3.05) is 37.7 Å². The molecule has 6 heteroatoms. The number of morpholine rings is 1. The molecule has 0 amide bonds. The summed E-state index contributed by atoms with van der Waals surface area (Å²) in [6, 6.07) is 0. The molecule has 5 nitrogen and oxygen atoms in total. The summed E-state index contributed by atoms with van der Waals surface area (Å²) < 4.78 is 5.39. The number of nitrogens with one attached hydrogen (secondary N) is 1. The summed E-state index contributed by atoms with van der Waals surface area (Å²) in [5, 5.41) is 15.4. The molecular weight excluding hydrogens is 334 g/mol. The van der Waals surface area contributed by atoms with Crippen LogP contribution in [0.1, 0.15) is 51.3 Å². The topological polar surface area (TPSA) is 57.6 Å². The van der Waals surface area contributed by atoms with E-state index >= 15 is 0 Å². The number of aromatic nitrogens is 1. The third kappa shape index (κ3) is 5.16. The van der Waals surface area contributed by atoms with Crippen molar-refractivity contribution in [1.82, 2.24) is 10.3 Å². The second-order valence-electron chi connectivity index (χ2n) is 8.68. The SMILES string of the molecule is CC(C)(C)C1CCC(O)(CNCc2cnc(N3CCOCC3)s2)CC1. The highest BCUT2D eigenvalue weighted by molar-refractivity contribution is 7.15. The molecule has 1 aromatic heterocycles. The summed E-state index contributed by atoms with van der Waals surface area (Å²) in [6.45, 7) is 11.8. The van der Waals surface area contributed by atoms with E-state index in [1.807, 2.05) is 6.20 Å². The maximum absolute atomic E-state index is 10.8. The molecule has 2 aliphatic rings. The van der Waals surface area contributed by atoms with Crippen LogP contribution in [0.5, 0.6) is 0 Å². The van der Waals surface area contributed by atoms with Crippen molar-refractivity contribution in [3.63, 3.8) is 0 Å². The van der Waals surface area contributed by atoms with Crippen molar-refractivity contribution in [2.45, 2.75) is 58.6 Å². The van der Waals surface area contributed by atoms with Crippen molar-refractivity contribution < 1.29 is 9.84 Å². The first-order valence-electron chi connectivity index (χ1n) is 9.56. The number of hydrogen-bond acceptors (Lipinski definition) is 6. The van der Waals surface area contributed by atoms with Gasteiger partial charge in [0.1, 0.15) is 0 Å². The highest BCUT2D eigenvalue weighted by Gasteiger charge is 2.36. The van der Waals surface area contributed by atoms with Crippen LogP contribution in [-0.4, -0.2) is 48.5 Å². The van der Waals surface area contributed by atoms with E-state index < -0.39 is 5.60 Å². The lowest BCUT2D eigenvalue weighted by atomic mass is 9.68. The van der Waals surface area contributed by atoms with Gasteiger partial charge in [0.05, 0.1) is 18.8 Å². The molecule has 1 saturated carbocycles. The predicted octanol–water partition coefficient (Wildman–Crippen LogP) is 3.04. The van der Waals surface area contributed by atoms with Crippen molar-refractivity contribution in [2.24, 2.45) is 11.3 Å². The Kier molecular flexibility index (Phi) is 6.03. The van der Waals surface area contributed by atoms with Crippen LogP contribution in [0.4, 0.5) is 5.13 Å². The van der Waals surface area contributed by atoms with Gasteiger partial charge in [-0.25, -0.2) is 4.98 Å². The Labute approximate surface area is 155 Å². The minimum absolute atomic E-state index is 0.354. The van der Waals surface area contributed by atoms with Gasteiger partial charge in [-0.2, -0.15) is 0 Å². The summed E-state index contributed by atoms with van der Waals surface area (Å²) in [6.07, 6.45) is 6.03. The van der Waals surface area contributed by atoms with Gasteiger partial charge in [-0.1, -0.05) is 20.8 Å². The predicted molar refractivity (Wildman–Crippen MR) is 103 cm³/mol. The fourth-order valence-corrected chi connectivity index (χ4v) is 4.83. The number of hydrogen-bond donors (Lipinski definition) is 2. The molecule has 0 atom stereocenters. The van der Waals surface area contributed by atoms with Crippen LogP contribution in [0.15, 0.2) is 6.20 Å². The van der Waals surface area contributed by atoms with Gasteiger partial charge in [0.25, 0.3) is 0 Å². The molecule has 0 bridgehead atoms. The van der Waals surface area contributed by atoms with Gasteiger partial charge in [0.15, 0.2) is 5.13 Å². The Hall–Kier alpha value is -0.690. The number of aliphatic hydroxyl groups is 1. The molecule has 0 aromatic carbocycles. The first-order valence-corrected chi connectivity index (χ1v) is 10.4. The molecule has 0 spiro atoms. The van der Waals surface area contributed by atoms with E-state index in [9.17, 15) is 5.11 Å². The van der Waals surface area contributed by atoms with Crippen LogP contribution in [0.25, 0.3) is 0 Å². The number of anilines is 1. The molecule has 3 rings (SSSR count). The van der Waals surface area contributed by atoms with Gasteiger partial charge < -0.3 is 20.1 Å². The lowest BCUT2D eigenvalue weighted by molar-refractivity contribution is -0.0239. The van der Waals surface area contributed by atoms with Crippen LogP contribution in [0, 0.1) is 11.3 Å². The van der Waals surface area contributed by atoms with Crippen LogP contribution >= 0.6 is 11.3 Å². The quantitative estimate of drug-likeness (QED) is 0.838. The first kappa shape index (κ1) is 19.1. The van der Waals surface area contributed by atoms with Gasteiger partial charge in [-0.3, -0.25) is 0 Å². The van der Waals surface area contributed by atoms with E-state index in [0.717, 1.165) is 69.6 Å². The maximum atomic E-state index is 10.8. The number of thiazole rings is 1. The largest absolute Gasteiger partial charge is 0.389 e. The zero-order chi connectivity index (χ0) is 17.9. The van der Waals surface area contributed by atoms with Crippen molar-refractivity contribution in [1.29, 1.82) is 0 Å². The fourth-order valence-electron chi connectivity index (χ4n) is 3.90. The molecule has 1 aliphatic carbocycles. The molecule has 2 N–H and O–H groups in total. The third-order valence-electron chi connectivity index (χ3n) is 5.72. The number of nitrogens with zero attached hydrogens (tertiary/aromatic N) is 2. The van der Waals surface area contributed by atoms with E-state index in [0.29, 0.717) is 12.0 Å². The third-order valence-corrected chi connectivity index (χ3v) is 6.78. The second kappa shape index (κ2) is 7.91. The number of rotatable bonds is 5. The molecule has 1 aliphatic heterocycles. The lowest BCUT2D eigenvalue weighted by Gasteiger charge is -2.41. The zero-order valence-electron chi connectivity index (χ0n) is 15.9. The molecule has 2 heterocycles. The van der Waals surface area contributed by atoms with Gasteiger partial charge in [-0.05, 0) is 37.0 Å². The Bertz CT molecular complexity index is 541. The molecule has 1 saturated heterocycles. The minimum Gasteiger partial charge on any atom is -0.389 e. The second-order valence-corrected chi connectivity index (χ2v) is 9.77. The maximum Gasteiger partial charge on any atom is 0.185 e. The molecule has 2 fully saturated rings. The van der Waals surface area contributed by atoms with Crippen molar-refractivity contribution in [3.05, 3.63) is 11.1 Å². The highest BCUT2D eigenvalue weighted by atomic mass is 32.1. The van der Waals surface area contributed by atoms with Crippen LogP contribution in [0.3, 0.4) is 0 Å². The smallest absolute Gasteiger partial charge is 0.185 e. The van der Waals surface area contributed by atoms with Crippen LogP contribution in [0.2, 0.25) is 0 Å². The Morgan fingerprint density at radius 2 is 2.00 bits per heavy atom. The van der Waals surface area contributed by atoms with Gasteiger partial charge in [0.2, 0.25) is 0 Å². The molecule has 0 radical (unpaired) electrons. The normalized spacial score (nSPS) is 28.3. The zero-order valence-corrected chi connectivity index (χ0v) is 16.7. The summed E-state index contributed by atoms with van der Waals surface area (Å²) in [7, 11) is 0. The minimum atomic E-state index is -0.542. The standard InChI is InChI=1S/C19H33N3O2S/c1-18(2,3)15-4-6-19(23,7-5-15)14-20-12-16-13-21-17(25-16)22-8-10-24-11-9-22/h13,15,20,23H,4-12,14H2,1-3H3. The average molecular weight is 368 g/mol. The van der Waals surface area contributed by atoms with Crippen molar-refractivity contribution in [3.8, 4) is 0 Å². The average Bonchev–Trinajstić information content (AvgIpc) is 3.04. The summed E-state index contributed by atoms with van der Waals surface area (Å²) in [5.74, 6) is 0.727. The lowest BCUT2D eigenvalue weighted by Crippen LogP contribution is -2.44. The van der Waals surface area contributed by atoms with Crippen molar-refractivity contribution >= 4 is 16.5 Å². The summed E-state index contributed by atoms with van der Waals surface area (Å²) in [4.78, 5) is 8.07. The van der Waals surface area contributed by atoms with E-state index in [4.69, 9.17) is 4.74 Å². The van der Waals surface area contributed by atoms with Gasteiger partial charge >= 0.3 is 0 Å². The van der Waals surface area contributed by atoms with E-state index in [2.05, 4.69) is 36.0 Å². The van der Waals surface area contributed by atoms with Gasteiger partial charge in [0, 0.05) is 37.3 Å². The van der Waals surface area contributed by atoms with E-state index in [-0.39, 0.29) is 0 Å². The van der Waals surface area contributed by atoms with E-state index in [1.165, 1.54) is 4.88 Å². The molecule has 142 valence electrons. The Morgan fingerprint density at radius 3 is 2.64 bits per heavy atom. The fraction of sp³-hybridized carbons (Fsp3) is 0.842. The van der Waals surface area contributed by atoms with E-state index in [1.54, 1.807) is 11.3 Å². The Balaban J connectivity index is 1.43. The van der Waals surface area contributed by atoms with Crippen LogP contribution < -0.4 is 10.2 Å². The number of ether oxygens (including phenoxy) is 1. The highest BCUT2D eigenvalue weighted by Crippen LogP contribution is 2.41. The molecule has 0 unspecified atom stereocenters. The molecule has 1 aromatic rings. The first-order chi connectivity index (χ1) is 11.9. The summed E-state index contributed by atoms with van der Waals surface area (Å²) >= 11 is 1.74. The Morgan fingerprint density at radius 1 is 1.32 bits per heavy atom. The summed E-state index contributed by atoms with van der Waals surface area (Å²) in [5.41, 5.74) is -0.188. The monoisotopic (exact) mass is 367 g/mol. The molecular formula is C19H33N3O2S. The molecule has 25 heavy (non-hydrogen) atoms.